The topological polar surface area (TPSA) is 24.4 Å². The Bertz CT molecular complexity index is 964. The largest absolute Gasteiger partial charge is 0.355 e. The Balaban J connectivity index is 1.73. The molecule has 1 atom stereocenters. The molecule has 1 N–H and O–H groups in total. The molecule has 1 aliphatic carbocycles. The number of para-hydroxylation sites is 1. The average molecular weight is 284 g/mol. The van der Waals surface area contributed by atoms with Crippen molar-refractivity contribution in [2.24, 2.45) is 10.9 Å². The smallest absolute Gasteiger partial charge is 0.0706 e. The molecule has 0 bridgehead atoms. The molecule has 0 spiro atoms. The van der Waals surface area contributed by atoms with Crippen molar-refractivity contribution in [1.29, 1.82) is 0 Å². The Morgan fingerprint density at radius 2 is 1.95 bits per heavy atom. The Kier molecular flexibility index (Phi) is 2.42. The standard InChI is InChI=1S/C20H16N2/c1-3-7-17-13(5-1)9-15-11-20-16(12-19(15)21-17)10-14-6-2-4-8-18(14)22-20/h1-5,7,9-12,14,21H,6,8H2. The highest BCUT2D eigenvalue weighted by Gasteiger charge is 2.19. The molecule has 0 aromatic heterocycles. The fourth-order valence-electron chi connectivity index (χ4n) is 3.53. The van der Waals surface area contributed by atoms with Crippen LogP contribution in [0.25, 0.3) is 12.2 Å². The predicted octanol–water partition coefficient (Wildman–Crippen LogP) is 3.41. The van der Waals surface area contributed by atoms with Gasteiger partial charge in [-0.1, -0.05) is 36.4 Å². The van der Waals surface area contributed by atoms with Crippen LogP contribution >= 0.6 is 0 Å². The van der Waals surface area contributed by atoms with Crippen LogP contribution < -0.4 is 15.8 Å². The molecule has 2 nitrogen and oxygen atoms in total. The van der Waals surface area contributed by atoms with Gasteiger partial charge in [-0.2, -0.15) is 0 Å². The maximum absolute atomic E-state index is 4.92. The number of anilines is 2. The molecule has 1 unspecified atom stereocenters. The van der Waals surface area contributed by atoms with Crippen LogP contribution in [0.2, 0.25) is 0 Å². The molecule has 0 amide bonds. The molecule has 2 aromatic rings. The van der Waals surface area contributed by atoms with Gasteiger partial charge in [-0.25, -0.2) is 0 Å². The number of rotatable bonds is 0. The van der Waals surface area contributed by atoms with Crippen molar-refractivity contribution >= 4 is 34.9 Å². The van der Waals surface area contributed by atoms with Crippen LogP contribution in [0.3, 0.4) is 0 Å². The van der Waals surface area contributed by atoms with Crippen LogP contribution in [0.4, 0.5) is 17.1 Å². The summed E-state index contributed by atoms with van der Waals surface area (Å²) in [6.07, 6.45) is 11.2. The summed E-state index contributed by atoms with van der Waals surface area (Å²) in [6, 6.07) is 12.9. The molecule has 2 aliphatic heterocycles. The van der Waals surface area contributed by atoms with Gasteiger partial charge in [0.05, 0.1) is 5.69 Å². The van der Waals surface area contributed by atoms with Crippen molar-refractivity contribution < 1.29 is 0 Å². The molecule has 0 saturated carbocycles. The van der Waals surface area contributed by atoms with Gasteiger partial charge in [0, 0.05) is 34.6 Å². The van der Waals surface area contributed by atoms with Gasteiger partial charge in [0.2, 0.25) is 0 Å². The highest BCUT2D eigenvalue weighted by Crippen LogP contribution is 2.27. The van der Waals surface area contributed by atoms with Gasteiger partial charge in [-0.3, -0.25) is 4.99 Å². The van der Waals surface area contributed by atoms with Gasteiger partial charge in [0.15, 0.2) is 0 Å². The molecule has 2 heterocycles. The lowest BCUT2D eigenvalue weighted by Gasteiger charge is -2.22. The first-order valence-corrected chi connectivity index (χ1v) is 7.83. The molecular formula is C20H16N2. The summed E-state index contributed by atoms with van der Waals surface area (Å²) >= 11 is 0. The van der Waals surface area contributed by atoms with Crippen molar-refractivity contribution in [3.05, 3.63) is 64.6 Å². The van der Waals surface area contributed by atoms with E-state index in [9.17, 15) is 0 Å². The predicted molar refractivity (Wildman–Crippen MR) is 92.4 cm³/mol. The zero-order valence-corrected chi connectivity index (χ0v) is 12.2. The molecule has 5 rings (SSSR count). The molecular weight excluding hydrogens is 268 g/mol. The van der Waals surface area contributed by atoms with Crippen LogP contribution in [0.5, 0.6) is 0 Å². The number of hydrogen-bond donors (Lipinski definition) is 1. The van der Waals surface area contributed by atoms with Crippen LogP contribution in [-0.4, -0.2) is 5.71 Å². The monoisotopic (exact) mass is 284 g/mol. The summed E-state index contributed by atoms with van der Waals surface area (Å²) < 4.78 is 0. The summed E-state index contributed by atoms with van der Waals surface area (Å²) in [5.74, 6) is 0.482. The highest BCUT2D eigenvalue weighted by molar-refractivity contribution is 5.97. The van der Waals surface area contributed by atoms with E-state index in [4.69, 9.17) is 4.99 Å². The number of aliphatic imine (C=N–C) groups is 1. The fraction of sp³-hybridized carbons (Fsp3) is 0.150. The minimum Gasteiger partial charge on any atom is -0.355 e. The second-order valence-electron chi connectivity index (χ2n) is 6.14. The van der Waals surface area contributed by atoms with Crippen LogP contribution in [-0.2, 0) is 0 Å². The lowest BCUT2D eigenvalue weighted by Crippen LogP contribution is -2.25. The molecule has 0 saturated heterocycles. The summed E-state index contributed by atoms with van der Waals surface area (Å²) in [5, 5.41) is 6.02. The van der Waals surface area contributed by atoms with Crippen LogP contribution in [0.1, 0.15) is 18.4 Å². The molecule has 0 radical (unpaired) electrons. The Labute approximate surface area is 129 Å². The summed E-state index contributed by atoms with van der Waals surface area (Å²) in [5.41, 5.74) is 6.01. The number of nitrogens with one attached hydrogen (secondary N) is 1. The highest BCUT2D eigenvalue weighted by atomic mass is 14.9. The van der Waals surface area contributed by atoms with E-state index in [0.29, 0.717) is 5.92 Å². The van der Waals surface area contributed by atoms with Gasteiger partial charge in [-0.15, -0.1) is 0 Å². The van der Waals surface area contributed by atoms with E-state index < -0.39 is 0 Å². The fourth-order valence-corrected chi connectivity index (χ4v) is 3.53. The van der Waals surface area contributed by atoms with E-state index in [1.807, 2.05) is 0 Å². The summed E-state index contributed by atoms with van der Waals surface area (Å²) in [7, 11) is 0. The molecule has 22 heavy (non-hydrogen) atoms. The van der Waals surface area contributed by atoms with Crippen LogP contribution in [0, 0.1) is 5.92 Å². The third kappa shape index (κ3) is 1.77. The first-order chi connectivity index (χ1) is 10.9. The van der Waals surface area contributed by atoms with Gasteiger partial charge in [0.1, 0.15) is 0 Å². The van der Waals surface area contributed by atoms with E-state index in [-0.39, 0.29) is 0 Å². The maximum atomic E-state index is 4.92. The second-order valence-corrected chi connectivity index (χ2v) is 6.14. The zero-order valence-electron chi connectivity index (χ0n) is 12.2. The number of benzene rings is 2. The minimum atomic E-state index is 0.482. The molecule has 2 heteroatoms. The number of allylic oxidation sites excluding steroid dienone is 2. The summed E-state index contributed by atoms with van der Waals surface area (Å²) in [4.78, 5) is 4.92. The second kappa shape index (κ2) is 4.44. The quantitative estimate of drug-likeness (QED) is 0.629. The third-order valence-electron chi connectivity index (χ3n) is 4.70. The molecule has 2 aromatic carbocycles. The van der Waals surface area contributed by atoms with E-state index in [2.05, 4.69) is 66.0 Å². The van der Waals surface area contributed by atoms with Crippen molar-refractivity contribution in [1.82, 2.24) is 0 Å². The van der Waals surface area contributed by atoms with Gasteiger partial charge in [0.25, 0.3) is 0 Å². The lowest BCUT2D eigenvalue weighted by molar-refractivity contribution is 0.873. The Hall–Kier alpha value is -2.61. The first-order valence-electron chi connectivity index (χ1n) is 7.83. The van der Waals surface area contributed by atoms with E-state index in [1.165, 1.54) is 33.1 Å². The van der Waals surface area contributed by atoms with Crippen molar-refractivity contribution in [2.75, 3.05) is 5.32 Å². The minimum absolute atomic E-state index is 0.482. The maximum Gasteiger partial charge on any atom is 0.0706 e. The Morgan fingerprint density at radius 1 is 1.00 bits per heavy atom. The lowest BCUT2D eigenvalue weighted by atomic mass is 9.88. The number of fused-ring (bicyclic) bond motifs is 4. The molecule has 0 fully saturated rings. The normalized spacial score (nSPS) is 20.2. The average Bonchev–Trinajstić information content (AvgIpc) is 2.56. The SMILES string of the molecule is C1=CCC2C=c3cc4c(cc3N=C2C1)=Cc1ccccc1N4. The Morgan fingerprint density at radius 3 is 2.95 bits per heavy atom. The van der Waals surface area contributed by atoms with Crippen molar-refractivity contribution in [3.8, 4) is 0 Å². The molecule has 106 valence electrons. The number of nitrogens with zero attached hydrogens (tertiary/aromatic N) is 1. The van der Waals surface area contributed by atoms with Gasteiger partial charge in [-0.05, 0) is 41.5 Å². The van der Waals surface area contributed by atoms with E-state index >= 15 is 0 Å². The van der Waals surface area contributed by atoms with Crippen molar-refractivity contribution in [3.63, 3.8) is 0 Å². The number of hydrogen-bond acceptors (Lipinski definition) is 2. The van der Waals surface area contributed by atoms with E-state index in [0.717, 1.165) is 18.5 Å². The molecule has 3 aliphatic rings. The first kappa shape index (κ1) is 12.0. The van der Waals surface area contributed by atoms with Crippen LogP contribution in [0.15, 0.2) is 53.5 Å². The van der Waals surface area contributed by atoms with E-state index in [1.54, 1.807) is 0 Å². The van der Waals surface area contributed by atoms with Gasteiger partial charge >= 0.3 is 0 Å². The third-order valence-corrected chi connectivity index (χ3v) is 4.70. The zero-order chi connectivity index (χ0) is 14.5. The summed E-state index contributed by atoms with van der Waals surface area (Å²) in [6.45, 7) is 0. The van der Waals surface area contributed by atoms with Gasteiger partial charge < -0.3 is 5.32 Å². The van der Waals surface area contributed by atoms with Crippen molar-refractivity contribution in [2.45, 2.75) is 12.8 Å².